The molecule has 0 aromatic rings. The number of nitrogens with one attached hydrogen (secondary N) is 1. The molecule has 0 saturated carbocycles. The van der Waals surface area contributed by atoms with Gasteiger partial charge in [-0.15, -0.1) is 0 Å². The van der Waals surface area contributed by atoms with E-state index >= 15 is 0 Å². The molecule has 0 aliphatic carbocycles. The van der Waals surface area contributed by atoms with Crippen LogP contribution in [0.4, 0.5) is 0 Å². The smallest absolute Gasteiger partial charge is 0.229 e. The van der Waals surface area contributed by atoms with E-state index in [9.17, 15) is 14.4 Å². The molecule has 1 saturated heterocycles. The quantitative estimate of drug-likeness (QED) is 0.462. The number of hydrogen-bond acceptors (Lipinski definition) is 4. The molecule has 19 heavy (non-hydrogen) atoms. The number of nitrogens with zero attached hydrogens (tertiary/aromatic N) is 1. The van der Waals surface area contributed by atoms with Crippen LogP contribution in [0.1, 0.15) is 44.9 Å². The Morgan fingerprint density at radius 3 is 2.42 bits per heavy atom. The monoisotopic (exact) mass is 270 g/mol. The second kappa shape index (κ2) is 8.63. The van der Waals surface area contributed by atoms with Crippen LogP contribution >= 0.6 is 0 Å². The lowest BCUT2D eigenvalue weighted by atomic mass is 10.2. The van der Waals surface area contributed by atoms with Gasteiger partial charge in [0.2, 0.25) is 17.7 Å². The molecule has 0 atom stereocenters. The van der Waals surface area contributed by atoms with Crippen molar-refractivity contribution in [3.8, 4) is 0 Å². The highest BCUT2D eigenvalue weighted by Gasteiger charge is 2.27. The minimum Gasteiger partial charge on any atom is -0.396 e. The number of aliphatic hydroxyl groups is 1. The molecule has 108 valence electrons. The van der Waals surface area contributed by atoms with Crippen molar-refractivity contribution in [2.45, 2.75) is 44.9 Å². The van der Waals surface area contributed by atoms with Crippen LogP contribution in [0.5, 0.6) is 0 Å². The van der Waals surface area contributed by atoms with Crippen molar-refractivity contribution in [2.75, 3.05) is 19.7 Å². The zero-order chi connectivity index (χ0) is 14.1. The van der Waals surface area contributed by atoms with Crippen molar-refractivity contribution < 1.29 is 19.5 Å². The van der Waals surface area contributed by atoms with Crippen molar-refractivity contribution in [3.05, 3.63) is 0 Å². The zero-order valence-electron chi connectivity index (χ0n) is 11.2. The molecule has 0 bridgehead atoms. The summed E-state index contributed by atoms with van der Waals surface area (Å²) in [5.41, 5.74) is 0. The van der Waals surface area contributed by atoms with Crippen LogP contribution < -0.4 is 5.32 Å². The highest BCUT2D eigenvalue weighted by molar-refractivity contribution is 6.01. The van der Waals surface area contributed by atoms with Gasteiger partial charge in [-0.25, -0.2) is 0 Å². The molecule has 0 radical (unpaired) electrons. The van der Waals surface area contributed by atoms with Crippen molar-refractivity contribution in [2.24, 2.45) is 0 Å². The highest BCUT2D eigenvalue weighted by atomic mass is 16.3. The summed E-state index contributed by atoms with van der Waals surface area (Å²) in [5, 5.41) is 11.3. The average Bonchev–Trinajstić information content (AvgIpc) is 2.70. The van der Waals surface area contributed by atoms with Gasteiger partial charge in [0.1, 0.15) is 0 Å². The molecule has 0 aromatic heterocycles. The fourth-order valence-electron chi connectivity index (χ4n) is 2.00. The Morgan fingerprint density at radius 2 is 1.79 bits per heavy atom. The van der Waals surface area contributed by atoms with Crippen LogP contribution in [-0.2, 0) is 14.4 Å². The Labute approximate surface area is 113 Å². The van der Waals surface area contributed by atoms with Gasteiger partial charge in [0, 0.05) is 39.0 Å². The summed E-state index contributed by atoms with van der Waals surface area (Å²) in [6, 6.07) is 0. The predicted molar refractivity (Wildman–Crippen MR) is 69.1 cm³/mol. The largest absolute Gasteiger partial charge is 0.396 e. The van der Waals surface area contributed by atoms with Gasteiger partial charge in [-0.1, -0.05) is 6.42 Å². The minimum atomic E-state index is -0.0771. The third-order valence-electron chi connectivity index (χ3n) is 3.10. The summed E-state index contributed by atoms with van der Waals surface area (Å²) in [4.78, 5) is 35.3. The first-order valence-electron chi connectivity index (χ1n) is 6.86. The number of aliphatic hydroxyl groups excluding tert-OH is 1. The molecule has 1 heterocycles. The normalized spacial score (nSPS) is 15.1. The lowest BCUT2D eigenvalue weighted by molar-refractivity contribution is -0.138. The standard InChI is InChI=1S/C13H22N2O4/c16-10-4-8-14-11(17)5-2-1-3-9-15-12(18)6-7-13(15)19/h16H,1-10H2,(H,14,17). The van der Waals surface area contributed by atoms with Crippen LogP contribution in [0.25, 0.3) is 0 Å². The number of amides is 3. The molecule has 1 fully saturated rings. The Balaban J connectivity index is 2.00. The van der Waals surface area contributed by atoms with E-state index in [-0.39, 0.29) is 24.3 Å². The Hall–Kier alpha value is -1.43. The summed E-state index contributed by atoms with van der Waals surface area (Å²) >= 11 is 0. The third kappa shape index (κ3) is 5.83. The van der Waals surface area contributed by atoms with Gasteiger partial charge in [0.05, 0.1) is 0 Å². The van der Waals surface area contributed by atoms with Gasteiger partial charge < -0.3 is 10.4 Å². The summed E-state index contributed by atoms with van der Waals surface area (Å²) in [6.07, 6.45) is 4.03. The van der Waals surface area contributed by atoms with Crippen LogP contribution in [0.15, 0.2) is 0 Å². The molecule has 6 nitrogen and oxygen atoms in total. The molecule has 2 N–H and O–H groups in total. The van der Waals surface area contributed by atoms with E-state index in [1.165, 1.54) is 4.90 Å². The number of rotatable bonds is 9. The first-order valence-corrected chi connectivity index (χ1v) is 6.86. The van der Waals surface area contributed by atoms with Crippen LogP contribution in [0.2, 0.25) is 0 Å². The van der Waals surface area contributed by atoms with E-state index in [0.29, 0.717) is 38.8 Å². The first-order chi connectivity index (χ1) is 9.15. The Kier molecular flexibility index (Phi) is 7.10. The predicted octanol–water partition coefficient (Wildman–Crippen LogP) is 0.194. The van der Waals surface area contributed by atoms with Crippen molar-refractivity contribution in [1.29, 1.82) is 0 Å². The van der Waals surface area contributed by atoms with Gasteiger partial charge in [-0.05, 0) is 19.3 Å². The molecule has 1 aliphatic rings. The number of likely N-dealkylation sites (tertiary alicyclic amines) is 1. The molecule has 1 rings (SSSR count). The second-order valence-electron chi connectivity index (χ2n) is 4.68. The van der Waals surface area contributed by atoms with E-state index in [4.69, 9.17) is 5.11 Å². The number of unbranched alkanes of at least 4 members (excludes halogenated alkanes) is 2. The fourth-order valence-corrected chi connectivity index (χ4v) is 2.00. The minimum absolute atomic E-state index is 0.0122. The number of carbonyl (C=O) groups excluding carboxylic acids is 3. The highest BCUT2D eigenvalue weighted by Crippen LogP contribution is 2.13. The van der Waals surface area contributed by atoms with Gasteiger partial charge >= 0.3 is 0 Å². The maximum Gasteiger partial charge on any atom is 0.229 e. The van der Waals surface area contributed by atoms with Crippen molar-refractivity contribution >= 4 is 17.7 Å². The van der Waals surface area contributed by atoms with E-state index in [1.807, 2.05) is 0 Å². The summed E-state index contributed by atoms with van der Waals surface area (Å²) in [6.45, 7) is 1.06. The van der Waals surface area contributed by atoms with E-state index in [1.54, 1.807) is 0 Å². The Morgan fingerprint density at radius 1 is 1.11 bits per heavy atom. The molecular weight excluding hydrogens is 248 g/mol. The number of imide groups is 1. The molecule has 6 heteroatoms. The van der Waals surface area contributed by atoms with E-state index in [2.05, 4.69) is 5.32 Å². The van der Waals surface area contributed by atoms with Gasteiger partial charge in [-0.3, -0.25) is 19.3 Å². The Bertz CT molecular complexity index is 315. The molecule has 3 amide bonds. The first kappa shape index (κ1) is 15.6. The average molecular weight is 270 g/mol. The molecule has 0 aromatic carbocycles. The van der Waals surface area contributed by atoms with Gasteiger partial charge in [-0.2, -0.15) is 0 Å². The maximum absolute atomic E-state index is 11.3. The fraction of sp³-hybridized carbons (Fsp3) is 0.769. The molecule has 1 aliphatic heterocycles. The van der Waals surface area contributed by atoms with Crippen LogP contribution in [-0.4, -0.2) is 47.4 Å². The number of hydrogen-bond donors (Lipinski definition) is 2. The second-order valence-corrected chi connectivity index (χ2v) is 4.68. The zero-order valence-corrected chi connectivity index (χ0v) is 11.2. The van der Waals surface area contributed by atoms with Gasteiger partial charge in [0.15, 0.2) is 0 Å². The number of carbonyl (C=O) groups is 3. The lowest BCUT2D eigenvalue weighted by Gasteiger charge is -2.13. The lowest BCUT2D eigenvalue weighted by Crippen LogP contribution is -2.30. The van der Waals surface area contributed by atoms with Crippen molar-refractivity contribution in [3.63, 3.8) is 0 Å². The summed E-state index contributed by atoms with van der Waals surface area (Å²) in [7, 11) is 0. The van der Waals surface area contributed by atoms with E-state index < -0.39 is 0 Å². The summed E-state index contributed by atoms with van der Waals surface area (Å²) < 4.78 is 0. The SMILES string of the molecule is O=C(CCCCCN1C(=O)CCC1=O)NCCCO. The molecular formula is C13H22N2O4. The van der Waals surface area contributed by atoms with Crippen molar-refractivity contribution in [1.82, 2.24) is 10.2 Å². The molecule has 0 unspecified atom stereocenters. The molecule has 0 spiro atoms. The van der Waals surface area contributed by atoms with E-state index in [0.717, 1.165) is 19.3 Å². The van der Waals surface area contributed by atoms with Crippen LogP contribution in [0.3, 0.4) is 0 Å². The van der Waals surface area contributed by atoms with Gasteiger partial charge in [0.25, 0.3) is 0 Å². The summed E-state index contributed by atoms with van der Waals surface area (Å²) in [5.74, 6) is -0.166. The topological polar surface area (TPSA) is 86.7 Å². The van der Waals surface area contributed by atoms with Crippen LogP contribution in [0, 0.1) is 0 Å². The third-order valence-corrected chi connectivity index (χ3v) is 3.10. The maximum atomic E-state index is 11.3.